The van der Waals surface area contributed by atoms with E-state index in [4.69, 9.17) is 0 Å². The first kappa shape index (κ1) is 11.6. The number of hydrogen-bond acceptors (Lipinski definition) is 2. The third-order valence-electron chi connectivity index (χ3n) is 2.17. The molecule has 78 valence electrons. The number of rotatable bonds is 6. The molecule has 0 amide bonds. The van der Waals surface area contributed by atoms with Crippen molar-refractivity contribution in [3.63, 3.8) is 0 Å². The van der Waals surface area contributed by atoms with Crippen LogP contribution >= 0.6 is 11.8 Å². The molecule has 0 heterocycles. The van der Waals surface area contributed by atoms with Gasteiger partial charge in [0.25, 0.3) is 0 Å². The van der Waals surface area contributed by atoms with Gasteiger partial charge in [-0.2, -0.15) is 0 Å². The van der Waals surface area contributed by atoms with Crippen LogP contribution in [0.15, 0.2) is 29.2 Å². The van der Waals surface area contributed by atoms with E-state index in [1.54, 1.807) is 0 Å². The number of benzene rings is 1. The van der Waals surface area contributed by atoms with Gasteiger partial charge in [-0.25, -0.2) is 0 Å². The highest BCUT2D eigenvalue weighted by Gasteiger charge is 1.96. The van der Waals surface area contributed by atoms with E-state index in [0.29, 0.717) is 0 Å². The lowest BCUT2D eigenvalue weighted by Gasteiger charge is -2.04. The minimum absolute atomic E-state index is 1.13. The summed E-state index contributed by atoms with van der Waals surface area (Å²) in [4.78, 5) is 1.43. The second-order valence-electron chi connectivity index (χ2n) is 3.42. The van der Waals surface area contributed by atoms with Crippen molar-refractivity contribution in [2.24, 2.45) is 0 Å². The molecule has 0 unspecified atom stereocenters. The Morgan fingerprint density at radius 2 is 2.00 bits per heavy atom. The van der Waals surface area contributed by atoms with Crippen molar-refractivity contribution in [1.29, 1.82) is 0 Å². The summed E-state index contributed by atoms with van der Waals surface area (Å²) in [6.45, 7) is 3.31. The minimum atomic E-state index is 1.13. The lowest BCUT2D eigenvalue weighted by molar-refractivity contribution is 0.715. The summed E-state index contributed by atoms with van der Waals surface area (Å²) >= 11 is 1.97. The van der Waals surface area contributed by atoms with Gasteiger partial charge in [0.1, 0.15) is 0 Å². The number of nitrogens with one attached hydrogen (secondary N) is 1. The average molecular weight is 209 g/mol. The Kier molecular flexibility index (Phi) is 5.72. The third kappa shape index (κ3) is 4.16. The monoisotopic (exact) mass is 209 g/mol. The zero-order valence-corrected chi connectivity index (χ0v) is 9.86. The molecule has 0 aliphatic heterocycles. The lowest BCUT2D eigenvalue weighted by atomic mass is 10.2. The first-order chi connectivity index (χ1) is 6.84. The highest BCUT2D eigenvalue weighted by molar-refractivity contribution is 7.99. The molecule has 1 aromatic carbocycles. The maximum absolute atomic E-state index is 3.17. The van der Waals surface area contributed by atoms with Crippen molar-refractivity contribution in [2.75, 3.05) is 19.3 Å². The van der Waals surface area contributed by atoms with Gasteiger partial charge in [0.2, 0.25) is 0 Å². The van der Waals surface area contributed by atoms with Crippen molar-refractivity contribution >= 4 is 11.8 Å². The topological polar surface area (TPSA) is 12.0 Å². The Morgan fingerprint density at radius 1 is 1.21 bits per heavy atom. The zero-order chi connectivity index (χ0) is 10.2. The molecule has 1 aromatic rings. The summed E-state index contributed by atoms with van der Waals surface area (Å²) in [5, 5.41) is 3.17. The lowest BCUT2D eigenvalue weighted by Crippen LogP contribution is -2.07. The number of hydrogen-bond donors (Lipinski definition) is 1. The van der Waals surface area contributed by atoms with Crippen LogP contribution in [0.4, 0.5) is 0 Å². The molecular formula is C12H19NS. The quantitative estimate of drug-likeness (QED) is 0.571. The van der Waals surface area contributed by atoms with Crippen LogP contribution in [0.3, 0.4) is 0 Å². The Bertz CT molecular complexity index is 260. The molecule has 0 aliphatic rings. The predicted octanol–water partition coefficient (Wildman–Crippen LogP) is 3.09. The molecule has 0 aliphatic carbocycles. The van der Waals surface area contributed by atoms with E-state index in [1.165, 1.54) is 29.1 Å². The molecule has 1 N–H and O–H groups in total. The van der Waals surface area contributed by atoms with Gasteiger partial charge in [0.05, 0.1) is 0 Å². The Labute approximate surface area is 91.3 Å². The van der Waals surface area contributed by atoms with E-state index in [9.17, 15) is 0 Å². The minimum Gasteiger partial charge on any atom is -0.320 e. The standard InChI is InChI=1S/C12H19NS/c1-11-7-3-4-8-12(11)14-10-6-5-9-13-2/h3-4,7-8,13H,5-6,9-10H2,1-2H3. The van der Waals surface area contributed by atoms with Gasteiger partial charge < -0.3 is 5.32 Å². The van der Waals surface area contributed by atoms with Crippen molar-refractivity contribution in [3.8, 4) is 0 Å². The largest absolute Gasteiger partial charge is 0.320 e. The van der Waals surface area contributed by atoms with Crippen LogP contribution in [0.1, 0.15) is 18.4 Å². The highest BCUT2D eigenvalue weighted by atomic mass is 32.2. The second-order valence-corrected chi connectivity index (χ2v) is 4.56. The zero-order valence-electron chi connectivity index (χ0n) is 9.05. The van der Waals surface area contributed by atoms with Gasteiger partial charge in [0.15, 0.2) is 0 Å². The van der Waals surface area contributed by atoms with Gasteiger partial charge in [-0.15, -0.1) is 11.8 Å². The Balaban J connectivity index is 2.21. The van der Waals surface area contributed by atoms with Gasteiger partial charge in [0, 0.05) is 4.90 Å². The number of thioether (sulfide) groups is 1. The summed E-state index contributed by atoms with van der Waals surface area (Å²) in [7, 11) is 2.01. The van der Waals surface area contributed by atoms with Gasteiger partial charge >= 0.3 is 0 Å². The summed E-state index contributed by atoms with van der Waals surface area (Å²) < 4.78 is 0. The van der Waals surface area contributed by atoms with Crippen LogP contribution in [0, 0.1) is 6.92 Å². The maximum atomic E-state index is 3.17. The van der Waals surface area contributed by atoms with Crippen LogP contribution in [0.2, 0.25) is 0 Å². The fourth-order valence-corrected chi connectivity index (χ4v) is 2.34. The second kappa shape index (κ2) is 6.91. The van der Waals surface area contributed by atoms with Crippen molar-refractivity contribution in [2.45, 2.75) is 24.7 Å². The summed E-state index contributed by atoms with van der Waals surface area (Å²) in [5.74, 6) is 1.23. The molecule has 0 fully saturated rings. The maximum Gasteiger partial charge on any atom is 0.0101 e. The Morgan fingerprint density at radius 3 is 2.71 bits per heavy atom. The predicted molar refractivity (Wildman–Crippen MR) is 65.1 cm³/mol. The van der Waals surface area contributed by atoms with Gasteiger partial charge in [-0.3, -0.25) is 0 Å². The molecule has 0 saturated heterocycles. The molecule has 0 radical (unpaired) electrons. The third-order valence-corrected chi connectivity index (χ3v) is 3.43. The molecule has 0 aromatic heterocycles. The first-order valence-electron chi connectivity index (χ1n) is 5.17. The van der Waals surface area contributed by atoms with E-state index in [1.807, 2.05) is 18.8 Å². The molecule has 0 atom stereocenters. The summed E-state index contributed by atoms with van der Waals surface area (Å²) in [5.41, 5.74) is 1.39. The van der Waals surface area contributed by atoms with Crippen LogP contribution in [0.25, 0.3) is 0 Å². The van der Waals surface area contributed by atoms with E-state index < -0.39 is 0 Å². The van der Waals surface area contributed by atoms with Crippen molar-refractivity contribution < 1.29 is 0 Å². The summed E-state index contributed by atoms with van der Waals surface area (Å²) in [6, 6.07) is 8.59. The van der Waals surface area contributed by atoms with Gasteiger partial charge in [-0.1, -0.05) is 18.2 Å². The van der Waals surface area contributed by atoms with Crippen molar-refractivity contribution in [3.05, 3.63) is 29.8 Å². The van der Waals surface area contributed by atoms with Gasteiger partial charge in [-0.05, 0) is 50.7 Å². The average Bonchev–Trinajstić information content (AvgIpc) is 2.20. The molecule has 0 spiro atoms. The highest BCUT2D eigenvalue weighted by Crippen LogP contribution is 2.22. The molecule has 0 saturated carbocycles. The molecule has 0 bridgehead atoms. The van der Waals surface area contributed by atoms with Crippen LogP contribution in [-0.4, -0.2) is 19.3 Å². The number of unbranched alkanes of at least 4 members (excludes halogenated alkanes) is 1. The fourth-order valence-electron chi connectivity index (χ4n) is 1.30. The normalized spacial score (nSPS) is 10.4. The van der Waals surface area contributed by atoms with Crippen LogP contribution in [-0.2, 0) is 0 Å². The molecule has 1 rings (SSSR count). The van der Waals surface area contributed by atoms with E-state index in [0.717, 1.165) is 6.54 Å². The van der Waals surface area contributed by atoms with E-state index in [2.05, 4.69) is 36.5 Å². The molecular weight excluding hydrogens is 190 g/mol. The van der Waals surface area contributed by atoms with Crippen LogP contribution in [0.5, 0.6) is 0 Å². The van der Waals surface area contributed by atoms with Crippen LogP contribution < -0.4 is 5.32 Å². The Hall–Kier alpha value is -0.470. The van der Waals surface area contributed by atoms with E-state index in [-0.39, 0.29) is 0 Å². The number of aryl methyl sites for hydroxylation is 1. The fraction of sp³-hybridized carbons (Fsp3) is 0.500. The first-order valence-corrected chi connectivity index (χ1v) is 6.16. The van der Waals surface area contributed by atoms with E-state index >= 15 is 0 Å². The molecule has 2 heteroatoms. The summed E-state index contributed by atoms with van der Waals surface area (Å²) in [6.07, 6.45) is 2.56. The molecule has 14 heavy (non-hydrogen) atoms. The van der Waals surface area contributed by atoms with Crippen molar-refractivity contribution in [1.82, 2.24) is 5.32 Å². The molecule has 1 nitrogen and oxygen atoms in total. The smallest absolute Gasteiger partial charge is 0.0101 e. The SMILES string of the molecule is CNCCCCSc1ccccc1C.